The first-order valence-electron chi connectivity index (χ1n) is 6.02. The largest absolute Gasteiger partial charge is 0.359 e. The van der Waals surface area contributed by atoms with Crippen molar-refractivity contribution in [2.75, 3.05) is 18.5 Å². The van der Waals surface area contributed by atoms with Gasteiger partial charge in [0.1, 0.15) is 5.82 Å². The minimum Gasteiger partial charge on any atom is -0.359 e. The Kier molecular flexibility index (Phi) is 4.22. The first-order chi connectivity index (χ1) is 7.81. The van der Waals surface area contributed by atoms with Crippen LogP contribution in [0.25, 0.3) is 0 Å². The van der Waals surface area contributed by atoms with Gasteiger partial charge in [0.05, 0.1) is 0 Å². The molecule has 0 saturated heterocycles. The van der Waals surface area contributed by atoms with Gasteiger partial charge in [-0.3, -0.25) is 0 Å². The van der Waals surface area contributed by atoms with Crippen LogP contribution in [-0.4, -0.2) is 18.6 Å². The lowest BCUT2D eigenvalue weighted by Gasteiger charge is -2.23. The summed E-state index contributed by atoms with van der Waals surface area (Å²) in [5.41, 5.74) is 1.28. The molecule has 1 aromatic rings. The molecule has 16 heavy (non-hydrogen) atoms. The van der Waals surface area contributed by atoms with E-state index in [0.717, 1.165) is 23.6 Å². The quantitative estimate of drug-likeness (QED) is 0.785. The molecule has 1 aliphatic carbocycles. The first-order valence-corrected chi connectivity index (χ1v) is 7.14. The average molecular weight is 283 g/mol. The molecular formula is C13H19BrN2. The lowest BCUT2D eigenvalue weighted by Crippen LogP contribution is -2.25. The van der Waals surface area contributed by atoms with E-state index in [-0.39, 0.29) is 0 Å². The fourth-order valence-electron chi connectivity index (χ4n) is 2.54. The van der Waals surface area contributed by atoms with Gasteiger partial charge in [0.25, 0.3) is 0 Å². The SMILES string of the molecule is CN(CC1CCCC1)c1ncccc1CBr. The standard InChI is InChI=1S/C13H19BrN2/c1-16(10-11-5-2-3-6-11)13-12(9-14)7-4-8-15-13/h4,7-8,11H,2-3,5-6,9-10H2,1H3. The van der Waals surface area contributed by atoms with Crippen LogP contribution in [0.4, 0.5) is 5.82 Å². The number of rotatable bonds is 4. The van der Waals surface area contributed by atoms with Crippen molar-refractivity contribution in [3.05, 3.63) is 23.9 Å². The minimum absolute atomic E-state index is 0.871. The monoisotopic (exact) mass is 282 g/mol. The molecule has 0 aliphatic heterocycles. The van der Waals surface area contributed by atoms with Crippen LogP contribution in [0.15, 0.2) is 18.3 Å². The fourth-order valence-corrected chi connectivity index (χ4v) is 2.98. The Morgan fingerprint density at radius 3 is 2.88 bits per heavy atom. The summed E-state index contributed by atoms with van der Waals surface area (Å²) in [6, 6.07) is 4.14. The van der Waals surface area contributed by atoms with Crippen LogP contribution < -0.4 is 4.90 Å². The number of aromatic nitrogens is 1. The summed E-state index contributed by atoms with van der Waals surface area (Å²) < 4.78 is 0. The summed E-state index contributed by atoms with van der Waals surface area (Å²) in [5, 5.41) is 0.880. The Morgan fingerprint density at radius 2 is 2.19 bits per heavy atom. The number of hydrogen-bond acceptors (Lipinski definition) is 2. The zero-order valence-electron chi connectivity index (χ0n) is 9.82. The number of anilines is 1. The third kappa shape index (κ3) is 2.76. The second-order valence-corrected chi connectivity index (χ2v) is 5.21. The van der Waals surface area contributed by atoms with E-state index in [1.165, 1.54) is 31.2 Å². The fraction of sp³-hybridized carbons (Fsp3) is 0.615. The summed E-state index contributed by atoms with van der Waals surface area (Å²) in [6.45, 7) is 1.15. The van der Waals surface area contributed by atoms with Crippen molar-refractivity contribution in [3.8, 4) is 0 Å². The van der Waals surface area contributed by atoms with E-state index in [4.69, 9.17) is 0 Å². The van der Waals surface area contributed by atoms with Gasteiger partial charge in [-0.25, -0.2) is 4.98 Å². The summed E-state index contributed by atoms with van der Waals surface area (Å²) in [6.07, 6.45) is 7.48. The van der Waals surface area contributed by atoms with Crippen LogP contribution in [0.3, 0.4) is 0 Å². The Balaban J connectivity index is 2.04. The minimum atomic E-state index is 0.871. The van der Waals surface area contributed by atoms with Crippen LogP contribution in [0.2, 0.25) is 0 Å². The summed E-state index contributed by atoms with van der Waals surface area (Å²) in [4.78, 5) is 6.80. The van der Waals surface area contributed by atoms with Crippen LogP contribution in [0.1, 0.15) is 31.2 Å². The molecule has 0 amide bonds. The third-order valence-electron chi connectivity index (χ3n) is 3.38. The van der Waals surface area contributed by atoms with E-state index in [2.05, 4.69) is 38.9 Å². The first kappa shape index (κ1) is 11.9. The lowest BCUT2D eigenvalue weighted by atomic mass is 10.1. The van der Waals surface area contributed by atoms with Gasteiger partial charge in [-0.05, 0) is 24.8 Å². The van der Waals surface area contributed by atoms with Gasteiger partial charge in [-0.2, -0.15) is 0 Å². The van der Waals surface area contributed by atoms with Gasteiger partial charge in [0, 0.05) is 30.7 Å². The topological polar surface area (TPSA) is 16.1 Å². The molecular weight excluding hydrogens is 264 g/mol. The predicted octanol–water partition coefficient (Wildman–Crippen LogP) is 3.60. The van der Waals surface area contributed by atoms with E-state index in [1.54, 1.807) is 0 Å². The molecule has 2 rings (SSSR count). The van der Waals surface area contributed by atoms with Crippen molar-refractivity contribution < 1.29 is 0 Å². The van der Waals surface area contributed by atoms with Crippen molar-refractivity contribution in [3.63, 3.8) is 0 Å². The molecule has 1 saturated carbocycles. The molecule has 3 heteroatoms. The van der Waals surface area contributed by atoms with Crippen molar-refractivity contribution >= 4 is 21.7 Å². The van der Waals surface area contributed by atoms with E-state index in [1.807, 2.05) is 12.3 Å². The number of alkyl halides is 1. The maximum absolute atomic E-state index is 4.49. The van der Waals surface area contributed by atoms with Gasteiger partial charge in [-0.1, -0.05) is 34.8 Å². The highest BCUT2D eigenvalue weighted by atomic mass is 79.9. The number of pyridine rings is 1. The summed E-state index contributed by atoms with van der Waals surface area (Å²) in [7, 11) is 2.16. The van der Waals surface area contributed by atoms with Crippen molar-refractivity contribution in [1.29, 1.82) is 0 Å². The van der Waals surface area contributed by atoms with Crippen molar-refractivity contribution in [2.24, 2.45) is 5.92 Å². The van der Waals surface area contributed by atoms with Crippen molar-refractivity contribution in [1.82, 2.24) is 4.98 Å². The number of halogens is 1. The van der Waals surface area contributed by atoms with E-state index in [0.29, 0.717) is 0 Å². The highest BCUT2D eigenvalue weighted by molar-refractivity contribution is 9.08. The number of nitrogens with zero attached hydrogens (tertiary/aromatic N) is 2. The van der Waals surface area contributed by atoms with Crippen LogP contribution >= 0.6 is 15.9 Å². The molecule has 0 spiro atoms. The molecule has 88 valence electrons. The van der Waals surface area contributed by atoms with E-state index >= 15 is 0 Å². The Labute approximate surface area is 106 Å². The molecule has 0 unspecified atom stereocenters. The molecule has 0 bridgehead atoms. The smallest absolute Gasteiger partial charge is 0.132 e. The molecule has 2 nitrogen and oxygen atoms in total. The van der Waals surface area contributed by atoms with Gasteiger partial charge in [0.15, 0.2) is 0 Å². The molecule has 1 aromatic heterocycles. The molecule has 0 aromatic carbocycles. The van der Waals surface area contributed by atoms with Crippen LogP contribution in [0.5, 0.6) is 0 Å². The van der Waals surface area contributed by atoms with Gasteiger partial charge in [0.2, 0.25) is 0 Å². The maximum atomic E-state index is 4.49. The Morgan fingerprint density at radius 1 is 1.44 bits per heavy atom. The summed E-state index contributed by atoms with van der Waals surface area (Å²) >= 11 is 3.52. The van der Waals surface area contributed by atoms with E-state index in [9.17, 15) is 0 Å². The normalized spacial score (nSPS) is 16.6. The zero-order chi connectivity index (χ0) is 11.4. The molecule has 1 aliphatic rings. The predicted molar refractivity (Wildman–Crippen MR) is 72.1 cm³/mol. The molecule has 1 heterocycles. The Bertz CT molecular complexity index is 334. The molecule has 0 radical (unpaired) electrons. The van der Waals surface area contributed by atoms with Gasteiger partial charge >= 0.3 is 0 Å². The zero-order valence-corrected chi connectivity index (χ0v) is 11.4. The van der Waals surface area contributed by atoms with Gasteiger partial charge in [-0.15, -0.1) is 0 Å². The molecule has 0 atom stereocenters. The van der Waals surface area contributed by atoms with Crippen LogP contribution in [0, 0.1) is 5.92 Å². The van der Waals surface area contributed by atoms with Crippen LogP contribution in [-0.2, 0) is 5.33 Å². The second kappa shape index (κ2) is 5.67. The van der Waals surface area contributed by atoms with Gasteiger partial charge < -0.3 is 4.90 Å². The summed E-state index contributed by atoms with van der Waals surface area (Å²) in [5.74, 6) is 2.00. The van der Waals surface area contributed by atoms with Crippen molar-refractivity contribution in [2.45, 2.75) is 31.0 Å². The lowest BCUT2D eigenvalue weighted by molar-refractivity contribution is 0.544. The second-order valence-electron chi connectivity index (χ2n) is 4.65. The molecule has 0 N–H and O–H groups in total. The Hall–Kier alpha value is -0.570. The highest BCUT2D eigenvalue weighted by Gasteiger charge is 2.18. The maximum Gasteiger partial charge on any atom is 0.132 e. The number of hydrogen-bond donors (Lipinski definition) is 0. The molecule has 1 fully saturated rings. The highest BCUT2D eigenvalue weighted by Crippen LogP contribution is 2.27. The average Bonchev–Trinajstić information content (AvgIpc) is 2.81. The van der Waals surface area contributed by atoms with E-state index < -0.39 is 0 Å². The third-order valence-corrected chi connectivity index (χ3v) is 3.98.